The van der Waals surface area contributed by atoms with Gasteiger partial charge in [0.1, 0.15) is 6.10 Å². The van der Waals surface area contributed by atoms with Crippen LogP contribution >= 0.6 is 0 Å². The van der Waals surface area contributed by atoms with Crippen molar-refractivity contribution in [2.45, 2.75) is 37.3 Å². The Labute approximate surface area is 184 Å². The molecule has 0 radical (unpaired) electrons. The standard InChI is InChI=1S/C24H22N2O6/c27-22-8-6-16(12-21(22)25(29)30)19-4-2-1-3-15(19)5-7-20-17-9-14-10-18(11-17)23(28)24(20,13-14)26(31)32/h1-4,6,8,12,14,17-18,20,23,27-28H,9-11,13H2. The fourth-order valence-electron chi connectivity index (χ4n) is 6.32. The molecule has 0 aliphatic heterocycles. The molecule has 0 spiro atoms. The summed E-state index contributed by atoms with van der Waals surface area (Å²) in [5, 5.41) is 44.0. The van der Waals surface area contributed by atoms with E-state index >= 15 is 0 Å². The van der Waals surface area contributed by atoms with Crippen LogP contribution in [0.15, 0.2) is 42.5 Å². The number of aliphatic hydroxyl groups excluding tert-OH is 1. The van der Waals surface area contributed by atoms with E-state index in [2.05, 4.69) is 11.8 Å². The summed E-state index contributed by atoms with van der Waals surface area (Å²) < 4.78 is 0. The molecule has 6 unspecified atom stereocenters. The van der Waals surface area contributed by atoms with Crippen molar-refractivity contribution < 1.29 is 20.1 Å². The number of aliphatic hydroxyl groups is 1. The SMILES string of the molecule is O=[N+]([O-])c1cc(-c2ccccc2C#CC2C3CC4CC(C3)C(O)C2([N+](=O)[O-])C4)ccc1O. The van der Waals surface area contributed by atoms with Crippen molar-refractivity contribution >= 4 is 5.69 Å². The van der Waals surface area contributed by atoms with E-state index in [1.165, 1.54) is 12.1 Å². The highest BCUT2D eigenvalue weighted by Crippen LogP contribution is 2.59. The smallest absolute Gasteiger partial charge is 0.311 e. The fraction of sp³-hybridized carbons (Fsp3) is 0.417. The van der Waals surface area contributed by atoms with Gasteiger partial charge < -0.3 is 10.2 Å². The zero-order chi connectivity index (χ0) is 22.6. The average molecular weight is 434 g/mol. The van der Waals surface area contributed by atoms with Crippen molar-refractivity contribution in [2.24, 2.45) is 23.7 Å². The van der Waals surface area contributed by atoms with Crippen molar-refractivity contribution in [1.82, 2.24) is 0 Å². The lowest BCUT2D eigenvalue weighted by atomic mass is 9.47. The van der Waals surface area contributed by atoms with Crippen LogP contribution in [-0.4, -0.2) is 31.7 Å². The molecule has 2 N–H and O–H groups in total. The molecule has 164 valence electrons. The van der Waals surface area contributed by atoms with Crippen molar-refractivity contribution in [2.75, 3.05) is 0 Å². The van der Waals surface area contributed by atoms with Crippen LogP contribution in [0, 0.1) is 55.7 Å². The first-order valence-corrected chi connectivity index (χ1v) is 10.7. The molecule has 0 heterocycles. The van der Waals surface area contributed by atoms with E-state index in [0.29, 0.717) is 23.1 Å². The van der Waals surface area contributed by atoms with Gasteiger partial charge in [-0.15, -0.1) is 0 Å². The maximum absolute atomic E-state index is 12.2. The summed E-state index contributed by atoms with van der Waals surface area (Å²) in [6.45, 7) is 0. The van der Waals surface area contributed by atoms with E-state index in [1.807, 2.05) is 0 Å². The summed E-state index contributed by atoms with van der Waals surface area (Å²) in [6.07, 6.45) is 1.90. The van der Waals surface area contributed by atoms with Crippen LogP contribution in [0.3, 0.4) is 0 Å². The number of nitrogens with zero attached hydrogens (tertiary/aromatic N) is 2. The Balaban J connectivity index is 1.56. The molecule has 6 atom stereocenters. The Bertz CT molecular complexity index is 1180. The number of phenols is 1. The first kappa shape index (κ1) is 20.5. The summed E-state index contributed by atoms with van der Waals surface area (Å²) in [6, 6.07) is 11.3. The van der Waals surface area contributed by atoms with Gasteiger partial charge in [-0.05, 0) is 60.3 Å². The topological polar surface area (TPSA) is 127 Å². The summed E-state index contributed by atoms with van der Waals surface area (Å²) >= 11 is 0. The van der Waals surface area contributed by atoms with E-state index in [-0.39, 0.29) is 22.7 Å². The lowest BCUT2D eigenvalue weighted by Crippen LogP contribution is -2.68. The van der Waals surface area contributed by atoms with Crippen LogP contribution in [0.5, 0.6) is 5.75 Å². The molecule has 6 rings (SSSR count). The summed E-state index contributed by atoms with van der Waals surface area (Å²) in [5.74, 6) is 5.64. The lowest BCUT2D eigenvalue weighted by molar-refractivity contribution is -0.610. The molecule has 32 heavy (non-hydrogen) atoms. The highest BCUT2D eigenvalue weighted by Gasteiger charge is 2.69. The number of hydrogen-bond acceptors (Lipinski definition) is 6. The van der Waals surface area contributed by atoms with Crippen LogP contribution in [0.1, 0.15) is 31.2 Å². The molecule has 4 bridgehead atoms. The minimum Gasteiger partial charge on any atom is -0.502 e. The minimum atomic E-state index is -1.42. The van der Waals surface area contributed by atoms with E-state index in [9.17, 15) is 30.4 Å². The number of aromatic hydroxyl groups is 1. The van der Waals surface area contributed by atoms with Crippen LogP contribution < -0.4 is 0 Å². The third-order valence-electron chi connectivity index (χ3n) is 7.57. The third kappa shape index (κ3) is 2.96. The van der Waals surface area contributed by atoms with Gasteiger partial charge in [-0.2, -0.15) is 0 Å². The maximum Gasteiger partial charge on any atom is 0.311 e. The van der Waals surface area contributed by atoms with E-state index < -0.39 is 33.9 Å². The van der Waals surface area contributed by atoms with Gasteiger partial charge in [-0.1, -0.05) is 36.1 Å². The van der Waals surface area contributed by atoms with Crippen LogP contribution in [0.25, 0.3) is 11.1 Å². The van der Waals surface area contributed by atoms with E-state index in [4.69, 9.17) is 0 Å². The average Bonchev–Trinajstić information content (AvgIpc) is 2.76. The van der Waals surface area contributed by atoms with Crippen molar-refractivity contribution in [1.29, 1.82) is 0 Å². The number of rotatable bonds is 3. The zero-order valence-corrected chi connectivity index (χ0v) is 17.2. The largest absolute Gasteiger partial charge is 0.502 e. The summed E-state index contributed by atoms with van der Waals surface area (Å²) in [4.78, 5) is 22.5. The molecule has 8 nitrogen and oxygen atoms in total. The number of nitro groups is 2. The molecule has 2 aromatic carbocycles. The van der Waals surface area contributed by atoms with Gasteiger partial charge in [0, 0.05) is 23.0 Å². The zero-order valence-electron chi connectivity index (χ0n) is 17.2. The monoisotopic (exact) mass is 434 g/mol. The molecule has 0 saturated heterocycles. The predicted molar refractivity (Wildman–Crippen MR) is 115 cm³/mol. The molecule has 2 aromatic rings. The minimum absolute atomic E-state index is 0.0271. The normalized spacial score (nSPS) is 32.2. The van der Waals surface area contributed by atoms with E-state index in [0.717, 1.165) is 19.3 Å². The van der Waals surface area contributed by atoms with Gasteiger partial charge in [0.2, 0.25) is 0 Å². The Hall–Kier alpha value is -3.44. The van der Waals surface area contributed by atoms with E-state index in [1.54, 1.807) is 30.3 Å². The Morgan fingerprint density at radius 3 is 2.53 bits per heavy atom. The third-order valence-corrected chi connectivity index (χ3v) is 7.57. The van der Waals surface area contributed by atoms with Gasteiger partial charge >= 0.3 is 5.69 Å². The molecule has 4 aliphatic rings. The Kier molecular flexibility index (Phi) is 4.68. The highest BCUT2D eigenvalue weighted by molar-refractivity contribution is 5.74. The van der Waals surface area contributed by atoms with Gasteiger partial charge in [-0.3, -0.25) is 20.2 Å². The van der Waals surface area contributed by atoms with Crippen molar-refractivity contribution in [3.63, 3.8) is 0 Å². The number of phenolic OH excluding ortho intramolecular Hbond substituents is 1. The highest BCUT2D eigenvalue weighted by atomic mass is 16.6. The van der Waals surface area contributed by atoms with Crippen LogP contribution in [0.2, 0.25) is 0 Å². The molecule has 4 aliphatic carbocycles. The van der Waals surface area contributed by atoms with Gasteiger partial charge in [0.05, 0.1) is 10.8 Å². The molecule has 8 heteroatoms. The second-order valence-corrected chi connectivity index (χ2v) is 9.24. The maximum atomic E-state index is 12.2. The van der Waals surface area contributed by atoms with Crippen molar-refractivity contribution in [3.05, 3.63) is 68.3 Å². The lowest BCUT2D eigenvalue weighted by Gasteiger charge is -2.56. The fourth-order valence-corrected chi connectivity index (χ4v) is 6.32. The predicted octanol–water partition coefficient (Wildman–Crippen LogP) is 3.76. The molecule has 0 aromatic heterocycles. The second kappa shape index (κ2) is 7.31. The number of hydrogen-bond donors (Lipinski definition) is 2. The summed E-state index contributed by atoms with van der Waals surface area (Å²) in [5.41, 5.74) is -0.0688. The molecular formula is C24H22N2O6. The second-order valence-electron chi connectivity index (χ2n) is 9.24. The number of nitro benzene ring substituents is 1. The Morgan fingerprint density at radius 2 is 1.78 bits per heavy atom. The molecular weight excluding hydrogens is 412 g/mol. The molecule has 4 saturated carbocycles. The summed E-state index contributed by atoms with van der Waals surface area (Å²) in [7, 11) is 0. The Morgan fingerprint density at radius 1 is 1.03 bits per heavy atom. The number of benzene rings is 2. The molecule has 4 fully saturated rings. The van der Waals surface area contributed by atoms with Crippen LogP contribution in [-0.2, 0) is 0 Å². The first-order chi connectivity index (χ1) is 15.3. The van der Waals surface area contributed by atoms with Gasteiger partial charge in [0.25, 0.3) is 5.54 Å². The van der Waals surface area contributed by atoms with Crippen molar-refractivity contribution in [3.8, 4) is 28.7 Å². The first-order valence-electron chi connectivity index (χ1n) is 10.7. The quantitative estimate of drug-likeness (QED) is 0.430. The molecule has 0 amide bonds. The van der Waals surface area contributed by atoms with Gasteiger partial charge in [0.15, 0.2) is 5.75 Å². The van der Waals surface area contributed by atoms with Crippen LogP contribution in [0.4, 0.5) is 5.69 Å². The van der Waals surface area contributed by atoms with Gasteiger partial charge in [-0.25, -0.2) is 0 Å².